The molecule has 0 spiro atoms. The van der Waals surface area contributed by atoms with E-state index in [2.05, 4.69) is 4.98 Å². The second-order valence-electron chi connectivity index (χ2n) is 10.0. The number of rotatable bonds is 4. The SMILES string of the molecule is CC(C)c1ccccc1-n1c(=O)nc(N2CCN(C(=O)O)CC2C)c2cc(Cl)c(-c3c(F)cccc3C#N)nc21. The Kier molecular flexibility index (Phi) is 7.17. The first-order valence-electron chi connectivity index (χ1n) is 12.8. The zero-order valence-corrected chi connectivity index (χ0v) is 22.9. The molecule has 0 bridgehead atoms. The third-order valence-corrected chi connectivity index (χ3v) is 7.43. The van der Waals surface area contributed by atoms with Crippen molar-refractivity contribution in [3.63, 3.8) is 0 Å². The van der Waals surface area contributed by atoms with E-state index in [0.717, 1.165) is 5.56 Å². The number of anilines is 1. The fraction of sp³-hybridized carbons (Fsp3) is 0.276. The Morgan fingerprint density at radius 2 is 1.93 bits per heavy atom. The smallest absolute Gasteiger partial charge is 0.407 e. The molecule has 1 amide bonds. The summed E-state index contributed by atoms with van der Waals surface area (Å²) in [6, 6.07) is 14.8. The normalized spacial score (nSPS) is 15.5. The molecule has 0 saturated carbocycles. The molecule has 11 heteroatoms. The molecule has 1 atom stereocenters. The monoisotopic (exact) mass is 560 g/mol. The zero-order valence-electron chi connectivity index (χ0n) is 22.1. The van der Waals surface area contributed by atoms with Gasteiger partial charge in [0.1, 0.15) is 11.6 Å². The number of fused-ring (bicyclic) bond motifs is 1. The molecule has 0 radical (unpaired) electrons. The molecule has 2 aromatic carbocycles. The third kappa shape index (κ3) is 4.62. The van der Waals surface area contributed by atoms with Crippen molar-refractivity contribution >= 4 is 34.5 Å². The van der Waals surface area contributed by atoms with Gasteiger partial charge in [-0.3, -0.25) is 0 Å². The largest absolute Gasteiger partial charge is 0.465 e. The molecule has 1 N–H and O–H groups in total. The van der Waals surface area contributed by atoms with Crippen LogP contribution < -0.4 is 10.6 Å². The topological polar surface area (TPSA) is 115 Å². The van der Waals surface area contributed by atoms with Crippen LogP contribution in [0.1, 0.15) is 37.8 Å². The van der Waals surface area contributed by atoms with Crippen molar-refractivity contribution in [2.45, 2.75) is 32.7 Å². The molecule has 4 aromatic rings. The van der Waals surface area contributed by atoms with Crippen molar-refractivity contribution < 1.29 is 14.3 Å². The van der Waals surface area contributed by atoms with Crippen molar-refractivity contribution in [3.8, 4) is 23.0 Å². The van der Waals surface area contributed by atoms with Gasteiger partial charge in [-0.2, -0.15) is 10.2 Å². The van der Waals surface area contributed by atoms with Gasteiger partial charge in [-0.1, -0.05) is 49.7 Å². The van der Waals surface area contributed by atoms with Crippen LogP contribution >= 0.6 is 11.6 Å². The number of hydrogen-bond donors (Lipinski definition) is 1. The second-order valence-corrected chi connectivity index (χ2v) is 10.4. The molecule has 3 heterocycles. The number of nitriles is 1. The van der Waals surface area contributed by atoms with E-state index in [9.17, 15) is 20.0 Å². The summed E-state index contributed by atoms with van der Waals surface area (Å²) in [6.07, 6.45) is -1.02. The van der Waals surface area contributed by atoms with Crippen molar-refractivity contribution in [3.05, 3.63) is 81.0 Å². The Morgan fingerprint density at radius 1 is 1.18 bits per heavy atom. The molecule has 2 aromatic heterocycles. The lowest BCUT2D eigenvalue weighted by atomic mass is 10.0. The molecule has 1 fully saturated rings. The molecule has 1 saturated heterocycles. The first kappa shape index (κ1) is 27.1. The Hall–Kier alpha value is -4.49. The zero-order chi connectivity index (χ0) is 28.7. The highest BCUT2D eigenvalue weighted by molar-refractivity contribution is 6.34. The van der Waals surface area contributed by atoms with E-state index in [1.165, 1.54) is 27.7 Å². The minimum Gasteiger partial charge on any atom is -0.465 e. The number of para-hydroxylation sites is 1. The molecule has 1 unspecified atom stereocenters. The number of aromatic nitrogens is 3. The van der Waals surface area contributed by atoms with Crippen LogP contribution in [0.2, 0.25) is 5.02 Å². The number of hydrogen-bond acceptors (Lipinski definition) is 6. The number of halogens is 2. The summed E-state index contributed by atoms with van der Waals surface area (Å²) in [4.78, 5) is 37.7. The summed E-state index contributed by atoms with van der Waals surface area (Å²) in [5.41, 5.74) is 1.07. The molecular weight excluding hydrogens is 535 g/mol. The van der Waals surface area contributed by atoms with Gasteiger partial charge in [0.2, 0.25) is 0 Å². The maximum atomic E-state index is 15.1. The van der Waals surface area contributed by atoms with E-state index in [1.807, 2.05) is 49.9 Å². The number of benzene rings is 2. The van der Waals surface area contributed by atoms with Gasteiger partial charge < -0.3 is 14.9 Å². The molecule has 1 aliphatic rings. The fourth-order valence-corrected chi connectivity index (χ4v) is 5.45. The Bertz CT molecular complexity index is 1750. The van der Waals surface area contributed by atoms with E-state index >= 15 is 4.39 Å². The maximum Gasteiger partial charge on any atom is 0.407 e. The number of carboxylic acid groups (broad SMARTS) is 1. The molecule has 204 valence electrons. The van der Waals surface area contributed by atoms with Gasteiger partial charge in [-0.25, -0.2) is 23.5 Å². The van der Waals surface area contributed by atoms with Gasteiger partial charge in [-0.15, -0.1) is 0 Å². The van der Waals surface area contributed by atoms with E-state index in [4.69, 9.17) is 16.6 Å². The van der Waals surface area contributed by atoms with Gasteiger partial charge in [-0.05, 0) is 42.7 Å². The van der Waals surface area contributed by atoms with Gasteiger partial charge in [0, 0.05) is 25.7 Å². The van der Waals surface area contributed by atoms with Crippen LogP contribution in [0.5, 0.6) is 0 Å². The summed E-state index contributed by atoms with van der Waals surface area (Å²) in [5, 5.41) is 19.7. The Morgan fingerprint density at radius 3 is 2.60 bits per heavy atom. The lowest BCUT2D eigenvalue weighted by Crippen LogP contribution is -2.54. The average molecular weight is 561 g/mol. The van der Waals surface area contributed by atoms with Crippen molar-refractivity contribution in [1.29, 1.82) is 5.26 Å². The van der Waals surface area contributed by atoms with Crippen molar-refractivity contribution in [2.75, 3.05) is 24.5 Å². The number of pyridine rings is 1. The van der Waals surface area contributed by atoms with Crippen LogP contribution in [-0.2, 0) is 0 Å². The second kappa shape index (κ2) is 10.6. The Balaban J connectivity index is 1.84. The molecular formula is C29H26ClFN6O3. The molecule has 1 aliphatic heterocycles. The minimum absolute atomic E-state index is 0.0277. The highest BCUT2D eigenvalue weighted by Gasteiger charge is 2.31. The van der Waals surface area contributed by atoms with Crippen LogP contribution in [0.25, 0.3) is 28.0 Å². The third-order valence-electron chi connectivity index (χ3n) is 7.14. The number of amides is 1. The summed E-state index contributed by atoms with van der Waals surface area (Å²) in [5.74, 6) is -0.298. The highest BCUT2D eigenvalue weighted by atomic mass is 35.5. The summed E-state index contributed by atoms with van der Waals surface area (Å²) < 4.78 is 16.5. The maximum absolute atomic E-state index is 15.1. The molecule has 9 nitrogen and oxygen atoms in total. The van der Waals surface area contributed by atoms with E-state index in [1.54, 1.807) is 12.1 Å². The van der Waals surface area contributed by atoms with Crippen molar-refractivity contribution in [1.82, 2.24) is 19.4 Å². The lowest BCUT2D eigenvalue weighted by molar-refractivity contribution is 0.136. The quantitative estimate of drug-likeness (QED) is 0.354. The van der Waals surface area contributed by atoms with Crippen LogP contribution in [0.15, 0.2) is 53.3 Å². The fourth-order valence-electron chi connectivity index (χ4n) is 5.20. The average Bonchev–Trinajstić information content (AvgIpc) is 2.92. The first-order valence-corrected chi connectivity index (χ1v) is 13.2. The highest BCUT2D eigenvalue weighted by Crippen LogP contribution is 2.37. The minimum atomic E-state index is -1.02. The van der Waals surface area contributed by atoms with Crippen LogP contribution in [0, 0.1) is 17.1 Å². The predicted molar refractivity (Wildman–Crippen MR) is 151 cm³/mol. The Labute approximate surface area is 234 Å². The molecule has 40 heavy (non-hydrogen) atoms. The number of nitrogens with zero attached hydrogens (tertiary/aromatic N) is 6. The first-order chi connectivity index (χ1) is 19.1. The lowest BCUT2D eigenvalue weighted by Gasteiger charge is -2.39. The number of carbonyl (C=O) groups is 1. The van der Waals surface area contributed by atoms with Gasteiger partial charge in [0.15, 0.2) is 5.65 Å². The van der Waals surface area contributed by atoms with Crippen molar-refractivity contribution in [2.24, 2.45) is 0 Å². The predicted octanol–water partition coefficient (Wildman–Crippen LogP) is 5.42. The summed E-state index contributed by atoms with van der Waals surface area (Å²) in [7, 11) is 0. The van der Waals surface area contributed by atoms with Gasteiger partial charge >= 0.3 is 11.8 Å². The van der Waals surface area contributed by atoms with Crippen LogP contribution in [0.3, 0.4) is 0 Å². The van der Waals surface area contributed by atoms with E-state index < -0.39 is 17.6 Å². The molecule has 5 rings (SSSR count). The van der Waals surface area contributed by atoms with Gasteiger partial charge in [0.05, 0.1) is 39.0 Å². The molecule has 0 aliphatic carbocycles. The van der Waals surface area contributed by atoms with Crippen LogP contribution in [-0.4, -0.2) is 56.3 Å². The van der Waals surface area contributed by atoms with E-state index in [-0.39, 0.29) is 52.5 Å². The van der Waals surface area contributed by atoms with Gasteiger partial charge in [0.25, 0.3) is 0 Å². The number of piperazine rings is 1. The van der Waals surface area contributed by atoms with Crippen LogP contribution in [0.4, 0.5) is 15.0 Å². The standard InChI is InChI=1S/C29H26ClFN6O3/c1-16(2)19-8-4-5-10-23(19)37-27-20(13-21(30)25(33-27)24-18(14-32)7-6-9-22(24)31)26(34-28(37)38)36-12-11-35(29(39)40)15-17(36)3/h4-10,13,16-17H,11-12,15H2,1-3H3,(H,39,40). The van der Waals surface area contributed by atoms with E-state index in [0.29, 0.717) is 23.4 Å². The summed E-state index contributed by atoms with van der Waals surface area (Å²) in [6.45, 7) is 6.61. The summed E-state index contributed by atoms with van der Waals surface area (Å²) >= 11 is 6.71.